The number of aromatic nitrogens is 1. The predicted molar refractivity (Wildman–Crippen MR) is 149 cm³/mol. The molecule has 3 aliphatic rings. The van der Waals surface area contributed by atoms with E-state index in [9.17, 15) is 4.79 Å². The van der Waals surface area contributed by atoms with Gasteiger partial charge in [0.05, 0.1) is 22.7 Å². The van der Waals surface area contributed by atoms with Gasteiger partial charge < -0.3 is 25.6 Å². The Kier molecular flexibility index (Phi) is 8.49. The minimum atomic E-state index is -0.194. The van der Waals surface area contributed by atoms with Gasteiger partial charge in [0, 0.05) is 89.2 Å². The van der Waals surface area contributed by atoms with Crippen molar-refractivity contribution in [2.24, 2.45) is 11.1 Å². The molecule has 200 valence electrons. The molecular formula is C28H39ClN6O2. The van der Waals surface area contributed by atoms with Gasteiger partial charge in [-0.15, -0.1) is 0 Å². The average Bonchev–Trinajstić information content (AvgIpc) is 3.28. The third-order valence-corrected chi connectivity index (χ3v) is 8.50. The fourth-order valence-corrected chi connectivity index (χ4v) is 6.25. The van der Waals surface area contributed by atoms with Crippen LogP contribution in [0.4, 0.5) is 11.4 Å². The van der Waals surface area contributed by atoms with E-state index in [4.69, 9.17) is 22.1 Å². The van der Waals surface area contributed by atoms with Gasteiger partial charge in [0.2, 0.25) is 5.91 Å². The Morgan fingerprint density at radius 3 is 2.41 bits per heavy atom. The number of nitrogens with zero attached hydrogens (tertiary/aromatic N) is 4. The lowest BCUT2D eigenvalue weighted by Crippen LogP contribution is -2.46. The molecule has 0 bridgehead atoms. The highest BCUT2D eigenvalue weighted by Gasteiger charge is 2.44. The Labute approximate surface area is 225 Å². The molecule has 1 aromatic carbocycles. The molecular weight excluding hydrogens is 488 g/mol. The lowest BCUT2D eigenvalue weighted by molar-refractivity contribution is -0.128. The van der Waals surface area contributed by atoms with Crippen molar-refractivity contribution in [3.8, 4) is 11.1 Å². The molecule has 1 aromatic heterocycles. The molecule has 3 N–H and O–H groups in total. The number of rotatable bonds is 9. The molecule has 0 saturated carbocycles. The first-order chi connectivity index (χ1) is 18.1. The second-order valence-corrected chi connectivity index (χ2v) is 10.8. The summed E-state index contributed by atoms with van der Waals surface area (Å²) in [6, 6.07) is 8.79. The number of carbonyl (C=O) groups is 1. The third kappa shape index (κ3) is 5.87. The fraction of sp³-hybridized carbons (Fsp3) is 0.571. The number of amides is 1. The van der Waals surface area contributed by atoms with E-state index < -0.39 is 0 Å². The number of halogens is 1. The first-order valence-electron chi connectivity index (χ1n) is 13.6. The van der Waals surface area contributed by atoms with E-state index in [-0.39, 0.29) is 11.3 Å². The maximum Gasteiger partial charge on any atom is 0.226 e. The SMILES string of the molecule is NCCOCCCN1CCN(c2ccc(-c3cncc(Cl)c3N3CCC4(CCNC4=O)CC3)cc2)CC1. The van der Waals surface area contributed by atoms with Crippen molar-refractivity contribution < 1.29 is 9.53 Å². The monoisotopic (exact) mass is 526 g/mol. The number of piperazine rings is 1. The molecule has 9 heteroatoms. The smallest absolute Gasteiger partial charge is 0.226 e. The minimum Gasteiger partial charge on any atom is -0.380 e. The van der Waals surface area contributed by atoms with Crippen LogP contribution < -0.4 is 20.9 Å². The Hall–Kier alpha value is -2.39. The van der Waals surface area contributed by atoms with Gasteiger partial charge in [-0.05, 0) is 43.4 Å². The van der Waals surface area contributed by atoms with Crippen molar-refractivity contribution in [2.45, 2.75) is 25.7 Å². The first kappa shape index (κ1) is 26.2. The molecule has 3 aliphatic heterocycles. The fourth-order valence-electron chi connectivity index (χ4n) is 5.97. The Morgan fingerprint density at radius 1 is 0.973 bits per heavy atom. The summed E-state index contributed by atoms with van der Waals surface area (Å²) in [6.45, 7) is 9.72. The van der Waals surface area contributed by atoms with Crippen molar-refractivity contribution in [1.29, 1.82) is 0 Å². The summed E-state index contributed by atoms with van der Waals surface area (Å²) in [4.78, 5) is 24.1. The molecule has 4 heterocycles. The standard InChI is InChI=1S/C28H39ClN6O2/c29-25-21-31-20-24(26(25)35-12-7-28(8-13-35)6-10-32-27(28)36)22-2-4-23(5-3-22)34-16-14-33(15-17-34)11-1-18-37-19-9-30/h2-5,20-21H,1,6-19,30H2,(H,32,36). The van der Waals surface area contributed by atoms with Crippen molar-refractivity contribution in [1.82, 2.24) is 15.2 Å². The number of carbonyl (C=O) groups excluding carboxylic acids is 1. The summed E-state index contributed by atoms with van der Waals surface area (Å²) in [5, 5.41) is 3.69. The highest BCUT2D eigenvalue weighted by atomic mass is 35.5. The van der Waals surface area contributed by atoms with Crippen molar-refractivity contribution in [3.63, 3.8) is 0 Å². The highest BCUT2D eigenvalue weighted by Crippen LogP contribution is 2.43. The zero-order valence-electron chi connectivity index (χ0n) is 21.6. The molecule has 0 atom stereocenters. The van der Waals surface area contributed by atoms with E-state index in [1.165, 1.54) is 5.69 Å². The van der Waals surface area contributed by atoms with Crippen molar-refractivity contribution in [2.75, 3.05) is 81.9 Å². The van der Waals surface area contributed by atoms with Crippen LogP contribution in [0, 0.1) is 5.41 Å². The van der Waals surface area contributed by atoms with Crippen LogP contribution in [-0.4, -0.2) is 87.9 Å². The number of nitrogens with one attached hydrogen (secondary N) is 1. The first-order valence-corrected chi connectivity index (χ1v) is 14.0. The number of piperidine rings is 1. The lowest BCUT2D eigenvalue weighted by atomic mass is 9.77. The summed E-state index contributed by atoms with van der Waals surface area (Å²) in [5.74, 6) is 0.223. The van der Waals surface area contributed by atoms with Crippen molar-refractivity contribution in [3.05, 3.63) is 41.7 Å². The van der Waals surface area contributed by atoms with E-state index >= 15 is 0 Å². The Morgan fingerprint density at radius 2 is 1.73 bits per heavy atom. The topological polar surface area (TPSA) is 87.0 Å². The van der Waals surface area contributed by atoms with E-state index in [0.29, 0.717) is 18.2 Å². The van der Waals surface area contributed by atoms with Gasteiger partial charge in [0.15, 0.2) is 0 Å². The second kappa shape index (κ2) is 12.0. The zero-order chi connectivity index (χ0) is 25.7. The van der Waals surface area contributed by atoms with Crippen LogP contribution in [0.5, 0.6) is 0 Å². The number of anilines is 2. The zero-order valence-corrected chi connectivity index (χ0v) is 22.4. The van der Waals surface area contributed by atoms with E-state index in [2.05, 4.69) is 49.3 Å². The summed E-state index contributed by atoms with van der Waals surface area (Å²) in [5.41, 5.74) is 9.72. The summed E-state index contributed by atoms with van der Waals surface area (Å²) in [7, 11) is 0. The summed E-state index contributed by atoms with van der Waals surface area (Å²) < 4.78 is 5.50. The summed E-state index contributed by atoms with van der Waals surface area (Å²) >= 11 is 6.71. The van der Waals surface area contributed by atoms with Gasteiger partial charge >= 0.3 is 0 Å². The average molecular weight is 527 g/mol. The molecule has 0 radical (unpaired) electrons. The van der Waals surface area contributed by atoms with Crippen LogP contribution >= 0.6 is 11.6 Å². The number of pyridine rings is 1. The second-order valence-electron chi connectivity index (χ2n) is 10.4. The van der Waals surface area contributed by atoms with Crippen LogP contribution in [0.1, 0.15) is 25.7 Å². The molecule has 2 aromatic rings. The molecule has 0 aliphatic carbocycles. The van der Waals surface area contributed by atoms with Gasteiger partial charge in [-0.25, -0.2) is 0 Å². The van der Waals surface area contributed by atoms with Crippen LogP contribution in [0.2, 0.25) is 5.02 Å². The van der Waals surface area contributed by atoms with Gasteiger partial charge in [0.25, 0.3) is 0 Å². The Balaban J connectivity index is 1.21. The normalized spacial score (nSPS) is 20.0. The molecule has 8 nitrogen and oxygen atoms in total. The number of hydrogen-bond acceptors (Lipinski definition) is 7. The van der Waals surface area contributed by atoms with E-state index in [1.54, 1.807) is 6.20 Å². The Bertz CT molecular complexity index is 1050. The maximum absolute atomic E-state index is 12.4. The maximum atomic E-state index is 12.4. The number of hydrogen-bond donors (Lipinski definition) is 2. The van der Waals surface area contributed by atoms with E-state index in [0.717, 1.165) is 101 Å². The predicted octanol–water partition coefficient (Wildman–Crippen LogP) is 3.00. The largest absolute Gasteiger partial charge is 0.380 e. The number of ether oxygens (including phenoxy) is 1. The van der Waals surface area contributed by atoms with Gasteiger partial charge in [-0.1, -0.05) is 23.7 Å². The quantitative estimate of drug-likeness (QED) is 0.486. The minimum absolute atomic E-state index is 0.194. The van der Waals surface area contributed by atoms with Crippen LogP contribution in [0.25, 0.3) is 11.1 Å². The number of benzene rings is 1. The molecule has 0 unspecified atom stereocenters. The summed E-state index contributed by atoms with van der Waals surface area (Å²) in [6.07, 6.45) is 7.36. The highest BCUT2D eigenvalue weighted by molar-refractivity contribution is 6.33. The van der Waals surface area contributed by atoms with Gasteiger partial charge in [0.1, 0.15) is 0 Å². The number of nitrogens with two attached hydrogens (primary N) is 1. The van der Waals surface area contributed by atoms with Crippen LogP contribution in [-0.2, 0) is 9.53 Å². The van der Waals surface area contributed by atoms with Crippen LogP contribution in [0.3, 0.4) is 0 Å². The molecule has 3 saturated heterocycles. The van der Waals surface area contributed by atoms with Crippen LogP contribution in [0.15, 0.2) is 36.7 Å². The van der Waals surface area contributed by atoms with Gasteiger partial charge in [-0.2, -0.15) is 0 Å². The molecule has 1 amide bonds. The lowest BCUT2D eigenvalue weighted by Gasteiger charge is -2.39. The van der Waals surface area contributed by atoms with Gasteiger partial charge in [-0.3, -0.25) is 14.7 Å². The van der Waals surface area contributed by atoms with E-state index in [1.807, 2.05) is 6.20 Å². The van der Waals surface area contributed by atoms with Crippen molar-refractivity contribution >= 4 is 28.9 Å². The third-order valence-electron chi connectivity index (χ3n) is 8.22. The molecule has 37 heavy (non-hydrogen) atoms. The molecule has 5 rings (SSSR count). The molecule has 3 fully saturated rings. The molecule has 1 spiro atoms.